The van der Waals surface area contributed by atoms with E-state index in [0.29, 0.717) is 4.31 Å². The molecule has 0 amide bonds. The molecule has 0 unspecified atom stereocenters. The van der Waals surface area contributed by atoms with Gasteiger partial charge in [0, 0.05) is 13.7 Å². The van der Waals surface area contributed by atoms with Gasteiger partial charge in [0.2, 0.25) is 10.0 Å². The van der Waals surface area contributed by atoms with Gasteiger partial charge in [0.25, 0.3) is 6.43 Å². The Kier molecular flexibility index (Phi) is 6.48. The fourth-order valence-corrected chi connectivity index (χ4v) is 3.46. The molecule has 0 bridgehead atoms. The van der Waals surface area contributed by atoms with Crippen molar-refractivity contribution in [1.82, 2.24) is 4.31 Å². The van der Waals surface area contributed by atoms with E-state index in [2.05, 4.69) is 0 Å². The Balaban J connectivity index is 3.29. The Bertz CT molecular complexity index is 632. The fourth-order valence-electron chi connectivity index (χ4n) is 1.62. The molecule has 1 aromatic rings. The molecule has 0 fully saturated rings. The van der Waals surface area contributed by atoms with Gasteiger partial charge in [-0.25, -0.2) is 17.2 Å². The predicted octanol–water partition coefficient (Wildman–Crippen LogP) is 2.11. The minimum Gasteiger partial charge on any atom is -0.383 e. The average molecular weight is 339 g/mol. The molecule has 0 heterocycles. The number of hydrogen-bond acceptors (Lipinski definition) is 4. The lowest BCUT2D eigenvalue weighted by atomic mass is 10.2. The molecule has 21 heavy (non-hydrogen) atoms. The molecule has 1 aromatic carbocycles. The van der Waals surface area contributed by atoms with Gasteiger partial charge in [0.05, 0.1) is 23.7 Å². The van der Waals surface area contributed by atoms with Gasteiger partial charge < -0.3 is 4.74 Å². The molecule has 0 aliphatic carbocycles. The zero-order valence-electron chi connectivity index (χ0n) is 11.1. The normalized spacial score (nSPS) is 11.9. The Morgan fingerprint density at radius 3 is 2.67 bits per heavy atom. The summed E-state index contributed by atoms with van der Waals surface area (Å²) in [4.78, 5) is -0.394. The molecular formula is C12H13ClF2N2O3S. The second kappa shape index (κ2) is 7.66. The van der Waals surface area contributed by atoms with Crippen LogP contribution in [-0.4, -0.2) is 46.0 Å². The van der Waals surface area contributed by atoms with Gasteiger partial charge in [-0.2, -0.15) is 9.57 Å². The van der Waals surface area contributed by atoms with Crippen LogP contribution in [-0.2, 0) is 14.8 Å². The van der Waals surface area contributed by atoms with E-state index in [4.69, 9.17) is 21.6 Å². The number of hydrogen-bond donors (Lipinski definition) is 0. The Labute approximate surface area is 126 Å². The van der Waals surface area contributed by atoms with Crippen molar-refractivity contribution in [2.24, 2.45) is 0 Å². The molecule has 9 heteroatoms. The lowest BCUT2D eigenvalue weighted by molar-refractivity contribution is 0.106. The lowest BCUT2D eigenvalue weighted by Crippen LogP contribution is -2.37. The number of nitriles is 1. The van der Waals surface area contributed by atoms with Crippen LogP contribution in [0.2, 0.25) is 5.02 Å². The molecule has 0 radical (unpaired) electrons. The summed E-state index contributed by atoms with van der Waals surface area (Å²) in [5.74, 6) is 0. The SMILES string of the molecule is COCCN(CC(F)F)S(=O)(=O)c1cccc(Cl)c1C#N. The summed E-state index contributed by atoms with van der Waals surface area (Å²) >= 11 is 5.77. The van der Waals surface area contributed by atoms with Crippen LogP contribution >= 0.6 is 11.6 Å². The van der Waals surface area contributed by atoms with Crippen molar-refractivity contribution in [2.75, 3.05) is 26.8 Å². The van der Waals surface area contributed by atoms with E-state index in [-0.39, 0.29) is 23.7 Å². The first-order valence-electron chi connectivity index (χ1n) is 5.80. The van der Waals surface area contributed by atoms with Crippen molar-refractivity contribution in [2.45, 2.75) is 11.3 Å². The monoisotopic (exact) mass is 338 g/mol. The van der Waals surface area contributed by atoms with E-state index in [9.17, 15) is 17.2 Å². The highest BCUT2D eigenvalue weighted by Gasteiger charge is 2.30. The summed E-state index contributed by atoms with van der Waals surface area (Å²) in [5.41, 5.74) is -0.268. The molecule has 0 N–H and O–H groups in total. The van der Waals surface area contributed by atoms with Gasteiger partial charge in [-0.15, -0.1) is 0 Å². The maximum atomic E-state index is 12.6. The second-order valence-electron chi connectivity index (χ2n) is 3.97. The molecule has 0 atom stereocenters. The number of alkyl halides is 2. The first kappa shape index (κ1) is 17.8. The molecule has 0 saturated heterocycles. The number of methoxy groups -OCH3 is 1. The standard InChI is InChI=1S/C12H13ClF2N2O3S/c1-20-6-5-17(8-12(14)15)21(18,19)11-4-2-3-10(13)9(11)7-16/h2-4,12H,5-6,8H2,1H3. The number of halogens is 3. The van der Waals surface area contributed by atoms with Crippen molar-refractivity contribution in [3.8, 4) is 6.07 Å². The van der Waals surface area contributed by atoms with Gasteiger partial charge in [-0.3, -0.25) is 0 Å². The van der Waals surface area contributed by atoms with E-state index >= 15 is 0 Å². The van der Waals surface area contributed by atoms with Crippen molar-refractivity contribution >= 4 is 21.6 Å². The summed E-state index contributed by atoms with van der Waals surface area (Å²) in [6.07, 6.45) is -2.85. The van der Waals surface area contributed by atoms with Crippen LogP contribution < -0.4 is 0 Å². The van der Waals surface area contributed by atoms with E-state index < -0.39 is 27.9 Å². The second-order valence-corrected chi connectivity index (χ2v) is 6.29. The van der Waals surface area contributed by atoms with E-state index in [1.54, 1.807) is 6.07 Å². The molecule has 0 spiro atoms. The number of rotatable bonds is 7. The van der Waals surface area contributed by atoms with E-state index in [1.807, 2.05) is 0 Å². The smallest absolute Gasteiger partial charge is 0.252 e. The quantitative estimate of drug-likeness (QED) is 0.763. The van der Waals surface area contributed by atoms with E-state index in [1.165, 1.54) is 19.2 Å². The third-order valence-electron chi connectivity index (χ3n) is 2.59. The van der Waals surface area contributed by atoms with E-state index in [0.717, 1.165) is 6.07 Å². The van der Waals surface area contributed by atoms with Crippen LogP contribution in [0.15, 0.2) is 23.1 Å². The number of benzene rings is 1. The highest BCUT2D eigenvalue weighted by molar-refractivity contribution is 7.89. The summed E-state index contributed by atoms with van der Waals surface area (Å²) in [7, 11) is -2.94. The molecule has 0 aromatic heterocycles. The predicted molar refractivity (Wildman–Crippen MR) is 72.8 cm³/mol. The summed E-state index contributed by atoms with van der Waals surface area (Å²) in [6, 6.07) is 5.53. The third-order valence-corrected chi connectivity index (χ3v) is 4.81. The molecule has 116 valence electrons. The topological polar surface area (TPSA) is 70.4 Å². The zero-order chi connectivity index (χ0) is 16.0. The number of sulfonamides is 1. The van der Waals surface area contributed by atoms with Gasteiger partial charge in [-0.05, 0) is 12.1 Å². The Morgan fingerprint density at radius 2 is 2.14 bits per heavy atom. The largest absolute Gasteiger partial charge is 0.383 e. The number of ether oxygens (including phenoxy) is 1. The van der Waals surface area contributed by atoms with Crippen molar-refractivity contribution < 1.29 is 21.9 Å². The Morgan fingerprint density at radius 1 is 1.48 bits per heavy atom. The minimum absolute atomic E-state index is 0.0472. The first-order valence-corrected chi connectivity index (χ1v) is 7.62. The van der Waals surface area contributed by atoms with Gasteiger partial charge >= 0.3 is 0 Å². The summed E-state index contributed by atoms with van der Waals surface area (Å²) < 4.78 is 55.3. The van der Waals surface area contributed by atoms with Gasteiger partial charge in [-0.1, -0.05) is 17.7 Å². The lowest BCUT2D eigenvalue weighted by Gasteiger charge is -2.22. The van der Waals surface area contributed by atoms with Crippen LogP contribution in [0, 0.1) is 11.3 Å². The maximum absolute atomic E-state index is 12.6. The highest BCUT2D eigenvalue weighted by atomic mass is 35.5. The summed E-state index contributed by atoms with van der Waals surface area (Å²) in [6.45, 7) is -1.28. The molecule has 0 saturated carbocycles. The average Bonchev–Trinajstić information content (AvgIpc) is 2.42. The molecule has 0 aliphatic heterocycles. The van der Waals surface area contributed by atoms with Gasteiger partial charge in [0.1, 0.15) is 11.0 Å². The van der Waals surface area contributed by atoms with Gasteiger partial charge in [0.15, 0.2) is 0 Å². The zero-order valence-corrected chi connectivity index (χ0v) is 12.7. The molecule has 5 nitrogen and oxygen atoms in total. The first-order chi connectivity index (χ1) is 9.84. The molecular weight excluding hydrogens is 326 g/mol. The summed E-state index contributed by atoms with van der Waals surface area (Å²) in [5, 5.41) is 8.96. The minimum atomic E-state index is -4.27. The van der Waals surface area contributed by atoms with Crippen molar-refractivity contribution in [1.29, 1.82) is 5.26 Å². The number of nitrogens with zero attached hydrogens (tertiary/aromatic N) is 2. The van der Waals surface area contributed by atoms with Crippen LogP contribution in [0.4, 0.5) is 8.78 Å². The van der Waals surface area contributed by atoms with Crippen LogP contribution in [0.5, 0.6) is 0 Å². The van der Waals surface area contributed by atoms with Crippen molar-refractivity contribution in [3.05, 3.63) is 28.8 Å². The Hall–Kier alpha value is -1.27. The maximum Gasteiger partial charge on any atom is 0.252 e. The van der Waals surface area contributed by atoms with Crippen LogP contribution in [0.3, 0.4) is 0 Å². The fraction of sp³-hybridized carbons (Fsp3) is 0.417. The van der Waals surface area contributed by atoms with Crippen LogP contribution in [0.25, 0.3) is 0 Å². The third kappa shape index (κ3) is 4.35. The molecule has 0 aliphatic rings. The highest BCUT2D eigenvalue weighted by Crippen LogP contribution is 2.26. The van der Waals surface area contributed by atoms with Crippen LogP contribution in [0.1, 0.15) is 5.56 Å². The molecule has 1 rings (SSSR count). The van der Waals surface area contributed by atoms with Crippen molar-refractivity contribution in [3.63, 3.8) is 0 Å².